The van der Waals surface area contributed by atoms with E-state index < -0.39 is 17.7 Å². The van der Waals surface area contributed by atoms with E-state index in [-0.39, 0.29) is 29.5 Å². The van der Waals surface area contributed by atoms with E-state index in [0.717, 1.165) is 12.8 Å². The maximum absolute atomic E-state index is 13.7. The largest absolute Gasteiger partial charge is 0.483 e. The highest BCUT2D eigenvalue weighted by atomic mass is 16.5. The average Bonchev–Trinajstić information content (AvgIpc) is 2.82. The van der Waals surface area contributed by atoms with E-state index in [4.69, 9.17) is 4.74 Å². The minimum atomic E-state index is -1.22. The number of carbonyl (C=O) groups excluding carboxylic acids is 1. The Balaban J connectivity index is 1.73. The molecule has 178 valence electrons. The van der Waals surface area contributed by atoms with Crippen molar-refractivity contribution >= 4 is 22.9 Å². The van der Waals surface area contributed by atoms with Gasteiger partial charge in [0.15, 0.2) is 6.61 Å². The molecular weight excluding hydrogens is 436 g/mol. The summed E-state index contributed by atoms with van der Waals surface area (Å²) in [6.45, 7) is 5.05. The van der Waals surface area contributed by atoms with Crippen molar-refractivity contribution in [3.63, 3.8) is 0 Å². The lowest BCUT2D eigenvalue weighted by Gasteiger charge is -2.30. The summed E-state index contributed by atoms with van der Waals surface area (Å²) in [6.07, 6.45) is 0.720. The molecule has 2 heterocycles. The number of nitrogens with zero attached hydrogens (tertiary/aromatic N) is 3. The number of ether oxygens (including phenoxy) is 1. The third-order valence-corrected chi connectivity index (χ3v) is 6.11. The third-order valence-electron chi connectivity index (χ3n) is 6.11. The predicted molar refractivity (Wildman–Crippen MR) is 127 cm³/mol. The zero-order valence-electron chi connectivity index (χ0n) is 19.2. The topological polar surface area (TPSA) is 114 Å². The van der Waals surface area contributed by atoms with Crippen LogP contribution in [0.15, 0.2) is 53.3 Å². The maximum atomic E-state index is 13.7. The number of benzene rings is 2. The van der Waals surface area contributed by atoms with E-state index in [0.29, 0.717) is 30.2 Å². The van der Waals surface area contributed by atoms with Gasteiger partial charge in [-0.15, -0.1) is 0 Å². The molecule has 9 heteroatoms. The van der Waals surface area contributed by atoms with Gasteiger partial charge in [-0.05, 0) is 49.9 Å². The van der Waals surface area contributed by atoms with Gasteiger partial charge >= 0.3 is 6.09 Å². The molecule has 2 amide bonds. The number of likely N-dealkylation sites (tertiary alicyclic amines) is 1. The van der Waals surface area contributed by atoms with Crippen LogP contribution in [0.4, 0.5) is 4.79 Å². The van der Waals surface area contributed by atoms with Gasteiger partial charge in [0, 0.05) is 13.1 Å². The zero-order valence-corrected chi connectivity index (χ0v) is 19.2. The number of rotatable bonds is 6. The normalized spacial score (nSPS) is 15.2. The summed E-state index contributed by atoms with van der Waals surface area (Å²) in [7, 11) is 0. The van der Waals surface area contributed by atoms with Crippen LogP contribution in [0.5, 0.6) is 5.75 Å². The second-order valence-corrected chi connectivity index (χ2v) is 8.62. The number of hydrogen-bond donors (Lipinski definition) is 2. The molecule has 4 rings (SSSR count). The van der Waals surface area contributed by atoms with Crippen LogP contribution in [0.2, 0.25) is 0 Å². The summed E-state index contributed by atoms with van der Waals surface area (Å²) in [6, 6.07) is 13.1. The first-order chi connectivity index (χ1) is 16.3. The molecule has 1 fully saturated rings. The Kier molecular flexibility index (Phi) is 6.81. The first-order valence-electron chi connectivity index (χ1n) is 11.4. The lowest BCUT2D eigenvalue weighted by Crippen LogP contribution is -2.40. The fourth-order valence-corrected chi connectivity index (χ4v) is 4.19. The van der Waals surface area contributed by atoms with Crippen molar-refractivity contribution in [3.05, 3.63) is 64.7 Å². The molecule has 0 aliphatic carbocycles. The molecule has 1 saturated heterocycles. The zero-order chi connectivity index (χ0) is 24.2. The van der Waals surface area contributed by atoms with Crippen LogP contribution in [0.3, 0.4) is 0 Å². The van der Waals surface area contributed by atoms with E-state index in [1.165, 1.54) is 4.57 Å². The molecule has 1 aromatic heterocycles. The van der Waals surface area contributed by atoms with Crippen LogP contribution in [-0.2, 0) is 4.79 Å². The minimum Gasteiger partial charge on any atom is -0.483 e. The molecule has 9 nitrogen and oxygen atoms in total. The monoisotopic (exact) mass is 464 g/mol. The molecule has 0 radical (unpaired) electrons. The molecule has 34 heavy (non-hydrogen) atoms. The lowest BCUT2D eigenvalue weighted by atomic mass is 9.99. The van der Waals surface area contributed by atoms with Gasteiger partial charge < -0.3 is 20.1 Å². The van der Waals surface area contributed by atoms with Gasteiger partial charge in [-0.1, -0.05) is 31.2 Å². The summed E-state index contributed by atoms with van der Waals surface area (Å²) in [5.41, 5.74) is 0.507. The SMILES string of the molecule is CC1CCN(C(=O)COc2cccc3nc(C(C)NC(=O)O)n(-c4ccccc4)c(=O)c23)CC1. The fraction of sp³-hybridized carbons (Fsp3) is 0.360. The van der Waals surface area contributed by atoms with Crippen molar-refractivity contribution < 1.29 is 19.4 Å². The molecule has 3 aromatic rings. The number of hydrogen-bond acceptors (Lipinski definition) is 5. The Morgan fingerprint density at radius 3 is 2.53 bits per heavy atom. The van der Waals surface area contributed by atoms with E-state index in [9.17, 15) is 19.5 Å². The van der Waals surface area contributed by atoms with Gasteiger partial charge in [0.25, 0.3) is 11.5 Å². The minimum absolute atomic E-state index is 0.115. The number of para-hydroxylation sites is 1. The van der Waals surface area contributed by atoms with Crippen molar-refractivity contribution in [1.82, 2.24) is 19.8 Å². The van der Waals surface area contributed by atoms with E-state index in [1.54, 1.807) is 54.3 Å². The average molecular weight is 465 g/mol. The van der Waals surface area contributed by atoms with Gasteiger partial charge in [-0.3, -0.25) is 14.2 Å². The molecule has 0 saturated carbocycles. The quantitative estimate of drug-likeness (QED) is 0.578. The molecule has 0 bridgehead atoms. The molecule has 1 atom stereocenters. The summed E-state index contributed by atoms with van der Waals surface area (Å²) in [5, 5.41) is 11.8. The second kappa shape index (κ2) is 9.94. The van der Waals surface area contributed by atoms with Crippen LogP contribution >= 0.6 is 0 Å². The first kappa shape index (κ1) is 23.3. The number of nitrogens with one attached hydrogen (secondary N) is 1. The van der Waals surface area contributed by atoms with E-state index >= 15 is 0 Å². The summed E-state index contributed by atoms with van der Waals surface area (Å²) >= 11 is 0. The van der Waals surface area contributed by atoms with Gasteiger partial charge in [0.2, 0.25) is 0 Å². The van der Waals surface area contributed by atoms with Crippen molar-refractivity contribution in [1.29, 1.82) is 0 Å². The number of fused-ring (bicyclic) bond motifs is 1. The third kappa shape index (κ3) is 4.88. The summed E-state index contributed by atoms with van der Waals surface area (Å²) < 4.78 is 7.22. The van der Waals surface area contributed by atoms with Crippen molar-refractivity contribution in [2.24, 2.45) is 5.92 Å². The molecule has 0 spiro atoms. The fourth-order valence-electron chi connectivity index (χ4n) is 4.19. The number of carboxylic acid groups (broad SMARTS) is 1. The number of amides is 2. The number of carbonyl (C=O) groups is 2. The first-order valence-corrected chi connectivity index (χ1v) is 11.4. The highest BCUT2D eigenvalue weighted by molar-refractivity contribution is 5.85. The molecule has 2 aromatic carbocycles. The smallest absolute Gasteiger partial charge is 0.405 e. The Morgan fingerprint density at radius 2 is 1.85 bits per heavy atom. The second-order valence-electron chi connectivity index (χ2n) is 8.62. The van der Waals surface area contributed by atoms with Gasteiger partial charge in [-0.2, -0.15) is 0 Å². The molecule has 1 aliphatic heterocycles. The van der Waals surface area contributed by atoms with Crippen LogP contribution in [0, 0.1) is 5.92 Å². The highest BCUT2D eigenvalue weighted by Gasteiger charge is 2.23. The van der Waals surface area contributed by atoms with Crippen LogP contribution in [0.25, 0.3) is 16.6 Å². The van der Waals surface area contributed by atoms with Crippen molar-refractivity contribution in [3.8, 4) is 11.4 Å². The Bertz CT molecular complexity index is 1250. The van der Waals surface area contributed by atoms with Crippen LogP contribution in [0.1, 0.15) is 38.6 Å². The molecule has 1 aliphatic rings. The number of aromatic nitrogens is 2. The Labute approximate surface area is 197 Å². The van der Waals surface area contributed by atoms with E-state index in [2.05, 4.69) is 17.2 Å². The Morgan fingerprint density at radius 1 is 1.15 bits per heavy atom. The van der Waals surface area contributed by atoms with Crippen LogP contribution < -0.4 is 15.6 Å². The summed E-state index contributed by atoms with van der Waals surface area (Å²) in [4.78, 5) is 44.0. The highest BCUT2D eigenvalue weighted by Crippen LogP contribution is 2.25. The van der Waals surface area contributed by atoms with Gasteiger partial charge in [-0.25, -0.2) is 9.78 Å². The standard InChI is InChI=1S/C25H28N4O5/c1-16-11-13-28(14-12-16)21(30)15-34-20-10-6-9-19-22(20)24(31)29(18-7-4-3-5-8-18)23(27-19)17(2)26-25(32)33/h3-10,16-17,26H,11-15H2,1-2H3,(H,32,33). The lowest BCUT2D eigenvalue weighted by molar-refractivity contribution is -0.134. The van der Waals surface area contributed by atoms with Crippen molar-refractivity contribution in [2.75, 3.05) is 19.7 Å². The molecular formula is C25H28N4O5. The molecule has 1 unspecified atom stereocenters. The van der Waals surface area contributed by atoms with E-state index in [1.807, 2.05) is 6.07 Å². The number of piperidine rings is 1. The van der Waals surface area contributed by atoms with Crippen molar-refractivity contribution in [2.45, 2.75) is 32.7 Å². The Hall–Kier alpha value is -3.88. The molecule has 2 N–H and O–H groups in total. The predicted octanol–water partition coefficient (Wildman–Crippen LogP) is 3.35. The summed E-state index contributed by atoms with van der Waals surface area (Å²) in [5.74, 6) is 1.01. The van der Waals surface area contributed by atoms with Crippen LogP contribution in [-0.4, -0.2) is 51.3 Å². The van der Waals surface area contributed by atoms with Gasteiger partial charge in [0.05, 0.1) is 17.2 Å². The maximum Gasteiger partial charge on any atom is 0.405 e. The van der Waals surface area contributed by atoms with Gasteiger partial charge in [0.1, 0.15) is 17.0 Å².